The van der Waals surface area contributed by atoms with E-state index in [4.69, 9.17) is 5.73 Å². The third-order valence-electron chi connectivity index (χ3n) is 3.80. The Hall–Kier alpha value is -1.56. The number of hydrogen-bond acceptors (Lipinski definition) is 4. The first-order chi connectivity index (χ1) is 9.05. The molecule has 0 aliphatic carbocycles. The van der Waals surface area contributed by atoms with Gasteiger partial charge in [-0.15, -0.1) is 0 Å². The van der Waals surface area contributed by atoms with E-state index in [9.17, 15) is 8.42 Å². The summed E-state index contributed by atoms with van der Waals surface area (Å²) < 4.78 is 24.8. The van der Waals surface area contributed by atoms with E-state index in [1.165, 1.54) is 0 Å². The van der Waals surface area contributed by atoms with Crippen molar-refractivity contribution in [2.24, 2.45) is 5.92 Å². The van der Waals surface area contributed by atoms with Gasteiger partial charge in [-0.3, -0.25) is 4.40 Å². The lowest BCUT2D eigenvalue weighted by Crippen LogP contribution is -2.25. The van der Waals surface area contributed by atoms with Gasteiger partial charge in [0.25, 0.3) is 0 Å². The monoisotopic (exact) mass is 279 g/mol. The van der Waals surface area contributed by atoms with Crippen LogP contribution >= 0.6 is 0 Å². The van der Waals surface area contributed by atoms with Gasteiger partial charge in [-0.05, 0) is 30.9 Å². The second-order valence-electron chi connectivity index (χ2n) is 5.18. The molecule has 2 N–H and O–H groups in total. The van der Waals surface area contributed by atoms with Crippen LogP contribution in [0.2, 0.25) is 0 Å². The highest BCUT2D eigenvalue weighted by Crippen LogP contribution is 2.24. The number of rotatable bonds is 2. The van der Waals surface area contributed by atoms with Crippen LogP contribution in [0.4, 0.5) is 5.82 Å². The fraction of sp³-hybridized carbons (Fsp3) is 0.462. The van der Waals surface area contributed by atoms with E-state index in [2.05, 4.69) is 4.98 Å². The van der Waals surface area contributed by atoms with E-state index < -0.39 is 9.84 Å². The topological polar surface area (TPSA) is 77.5 Å². The first-order valence-corrected chi connectivity index (χ1v) is 8.28. The van der Waals surface area contributed by atoms with E-state index in [1.807, 2.05) is 28.8 Å². The van der Waals surface area contributed by atoms with Crippen LogP contribution in [0.15, 0.2) is 24.4 Å². The molecule has 0 amide bonds. The van der Waals surface area contributed by atoms with Crippen molar-refractivity contribution in [2.75, 3.05) is 17.2 Å². The zero-order valence-electron chi connectivity index (χ0n) is 10.6. The van der Waals surface area contributed by atoms with Crippen LogP contribution in [0.5, 0.6) is 0 Å². The van der Waals surface area contributed by atoms with Crippen LogP contribution in [0.1, 0.15) is 18.7 Å². The van der Waals surface area contributed by atoms with E-state index in [0.717, 1.165) is 30.6 Å². The van der Waals surface area contributed by atoms with E-state index in [0.29, 0.717) is 23.2 Å². The Balaban J connectivity index is 1.83. The predicted molar refractivity (Wildman–Crippen MR) is 74.7 cm³/mol. The molecule has 0 unspecified atom stereocenters. The molecule has 1 aliphatic rings. The third-order valence-corrected chi connectivity index (χ3v) is 5.52. The summed E-state index contributed by atoms with van der Waals surface area (Å²) in [6.45, 7) is 0. The Bertz CT molecular complexity index is 692. The first-order valence-electron chi connectivity index (χ1n) is 6.46. The summed E-state index contributed by atoms with van der Waals surface area (Å²) >= 11 is 0. The average Bonchev–Trinajstić information content (AvgIpc) is 2.77. The molecule has 0 radical (unpaired) electrons. The molecular weight excluding hydrogens is 262 g/mol. The Morgan fingerprint density at radius 3 is 2.79 bits per heavy atom. The largest absolute Gasteiger partial charge is 0.385 e. The number of hydrogen-bond donors (Lipinski definition) is 1. The fourth-order valence-corrected chi connectivity index (χ4v) is 4.27. The molecule has 6 heteroatoms. The lowest BCUT2D eigenvalue weighted by Gasteiger charge is -2.21. The zero-order chi connectivity index (χ0) is 13.5. The minimum atomic E-state index is -2.80. The van der Waals surface area contributed by atoms with Gasteiger partial charge >= 0.3 is 0 Å². The Labute approximate surface area is 112 Å². The molecule has 102 valence electrons. The number of sulfone groups is 1. The molecule has 0 aromatic carbocycles. The van der Waals surface area contributed by atoms with Gasteiger partial charge in [0, 0.05) is 6.42 Å². The van der Waals surface area contributed by atoms with Gasteiger partial charge in [0.2, 0.25) is 0 Å². The van der Waals surface area contributed by atoms with Gasteiger partial charge in [-0.25, -0.2) is 13.4 Å². The van der Waals surface area contributed by atoms with Crippen LogP contribution < -0.4 is 5.73 Å². The lowest BCUT2D eigenvalue weighted by molar-refractivity contribution is 0.453. The smallest absolute Gasteiger partial charge is 0.150 e. The molecule has 0 saturated carbocycles. The molecule has 3 heterocycles. The molecule has 0 atom stereocenters. The number of nitrogens with two attached hydrogens (primary N) is 1. The quantitative estimate of drug-likeness (QED) is 0.898. The normalized spacial score (nSPS) is 19.8. The van der Waals surface area contributed by atoms with Crippen LogP contribution in [0.25, 0.3) is 5.52 Å². The van der Waals surface area contributed by atoms with Crippen molar-refractivity contribution in [1.29, 1.82) is 0 Å². The molecule has 1 saturated heterocycles. The molecule has 1 fully saturated rings. The number of anilines is 1. The molecule has 1 aliphatic heterocycles. The second-order valence-corrected chi connectivity index (χ2v) is 7.49. The summed E-state index contributed by atoms with van der Waals surface area (Å²) in [4.78, 5) is 4.42. The number of aromatic nitrogens is 2. The van der Waals surface area contributed by atoms with Crippen molar-refractivity contribution < 1.29 is 8.42 Å². The summed E-state index contributed by atoms with van der Waals surface area (Å²) in [5.41, 5.74) is 6.96. The van der Waals surface area contributed by atoms with E-state index in [1.54, 1.807) is 0 Å². The maximum Gasteiger partial charge on any atom is 0.150 e. The van der Waals surface area contributed by atoms with Gasteiger partial charge in [0.1, 0.15) is 21.5 Å². The number of pyridine rings is 1. The molecule has 0 spiro atoms. The summed E-state index contributed by atoms with van der Waals surface area (Å²) in [6.07, 6.45) is 4.05. The number of nitrogen functional groups attached to an aromatic ring is 1. The minimum absolute atomic E-state index is 0.302. The highest BCUT2D eigenvalue weighted by atomic mass is 32.2. The summed E-state index contributed by atoms with van der Waals surface area (Å²) in [5.74, 6) is 2.59. The number of nitrogens with zero attached hydrogens (tertiary/aromatic N) is 2. The van der Waals surface area contributed by atoms with Crippen molar-refractivity contribution in [3.63, 3.8) is 0 Å². The van der Waals surface area contributed by atoms with Crippen molar-refractivity contribution in [2.45, 2.75) is 19.3 Å². The highest BCUT2D eigenvalue weighted by Gasteiger charge is 2.24. The summed E-state index contributed by atoms with van der Waals surface area (Å²) in [5, 5.41) is 0. The molecule has 19 heavy (non-hydrogen) atoms. The van der Waals surface area contributed by atoms with Crippen molar-refractivity contribution in [3.05, 3.63) is 30.2 Å². The van der Waals surface area contributed by atoms with Crippen LogP contribution in [-0.4, -0.2) is 29.3 Å². The van der Waals surface area contributed by atoms with Crippen LogP contribution in [0, 0.1) is 5.92 Å². The van der Waals surface area contributed by atoms with E-state index >= 15 is 0 Å². The summed E-state index contributed by atoms with van der Waals surface area (Å²) in [6, 6.07) is 5.73. The Morgan fingerprint density at radius 2 is 2.05 bits per heavy atom. The van der Waals surface area contributed by atoms with Gasteiger partial charge in [0.05, 0.1) is 23.2 Å². The number of fused-ring (bicyclic) bond motifs is 1. The van der Waals surface area contributed by atoms with E-state index in [-0.39, 0.29) is 0 Å². The van der Waals surface area contributed by atoms with Gasteiger partial charge in [-0.1, -0.05) is 6.07 Å². The summed E-state index contributed by atoms with van der Waals surface area (Å²) in [7, 11) is -2.80. The highest BCUT2D eigenvalue weighted by molar-refractivity contribution is 7.91. The number of imidazole rings is 1. The van der Waals surface area contributed by atoms with Crippen LogP contribution in [-0.2, 0) is 16.3 Å². The second kappa shape index (κ2) is 4.52. The fourth-order valence-electron chi connectivity index (χ4n) is 2.69. The van der Waals surface area contributed by atoms with Gasteiger partial charge in [0.15, 0.2) is 0 Å². The standard InChI is InChI=1S/C13H17N3O2S/c14-12-3-1-2-11-9-15-13(16(11)12)8-10-4-6-19(17,18)7-5-10/h1-3,9-10H,4-8,14H2. The average molecular weight is 279 g/mol. The zero-order valence-corrected chi connectivity index (χ0v) is 11.4. The third kappa shape index (κ3) is 2.45. The molecule has 2 aromatic rings. The van der Waals surface area contributed by atoms with Crippen molar-refractivity contribution in [3.8, 4) is 0 Å². The Morgan fingerprint density at radius 1 is 1.32 bits per heavy atom. The maximum absolute atomic E-state index is 11.4. The maximum atomic E-state index is 11.4. The molecule has 0 bridgehead atoms. The lowest BCUT2D eigenvalue weighted by atomic mass is 9.98. The predicted octanol–water partition coefficient (Wildman–Crippen LogP) is 1.28. The molecule has 5 nitrogen and oxygen atoms in total. The first kappa shape index (κ1) is 12.5. The molecule has 2 aromatic heterocycles. The SMILES string of the molecule is Nc1cccc2cnc(CC3CCS(=O)(=O)CC3)n12. The van der Waals surface area contributed by atoms with Crippen molar-refractivity contribution >= 4 is 21.2 Å². The Kier molecular flexibility index (Phi) is 2.97. The van der Waals surface area contributed by atoms with Gasteiger partial charge in [-0.2, -0.15) is 0 Å². The van der Waals surface area contributed by atoms with Crippen molar-refractivity contribution in [1.82, 2.24) is 9.38 Å². The minimum Gasteiger partial charge on any atom is -0.385 e. The molecule has 3 rings (SSSR count). The van der Waals surface area contributed by atoms with Gasteiger partial charge < -0.3 is 5.73 Å². The molecular formula is C13H17N3O2S. The van der Waals surface area contributed by atoms with Crippen LogP contribution in [0.3, 0.4) is 0 Å².